The van der Waals surface area contributed by atoms with Gasteiger partial charge < -0.3 is 10.6 Å². The number of hydrogen-bond acceptors (Lipinski definition) is 3. The zero-order valence-electron chi connectivity index (χ0n) is 12.0. The molecule has 2 N–H and O–H groups in total. The van der Waals surface area contributed by atoms with Crippen LogP contribution in [0, 0.1) is 13.8 Å². The van der Waals surface area contributed by atoms with Gasteiger partial charge in [0, 0.05) is 18.4 Å². The number of anilines is 2. The Balaban J connectivity index is 2.29. The molecule has 0 radical (unpaired) electrons. The predicted molar refractivity (Wildman–Crippen MR) is 82.3 cm³/mol. The van der Waals surface area contributed by atoms with Crippen molar-refractivity contribution in [1.29, 1.82) is 0 Å². The number of benzene rings is 1. The number of nitrogens with one attached hydrogen (secondary N) is 2. The Labute approximate surface area is 119 Å². The van der Waals surface area contributed by atoms with E-state index in [9.17, 15) is 4.79 Å². The van der Waals surface area contributed by atoms with E-state index in [4.69, 9.17) is 0 Å². The summed E-state index contributed by atoms with van der Waals surface area (Å²) in [7, 11) is 0. The third-order valence-corrected chi connectivity index (χ3v) is 3.12. The van der Waals surface area contributed by atoms with Crippen LogP contribution in [0.15, 0.2) is 36.5 Å². The normalized spacial score (nSPS) is 10.2. The SMILES string of the molecule is CCNc1ncccc1C(=O)Nc1c(C)cccc1C. The summed E-state index contributed by atoms with van der Waals surface area (Å²) in [5.41, 5.74) is 3.51. The molecule has 0 bridgehead atoms. The van der Waals surface area contributed by atoms with Gasteiger partial charge in [-0.2, -0.15) is 0 Å². The Morgan fingerprint density at radius 2 is 1.85 bits per heavy atom. The first-order valence-corrected chi connectivity index (χ1v) is 6.70. The van der Waals surface area contributed by atoms with E-state index in [1.165, 1.54) is 0 Å². The molecule has 0 aliphatic carbocycles. The van der Waals surface area contributed by atoms with Crippen LogP contribution in [0.4, 0.5) is 11.5 Å². The van der Waals surface area contributed by atoms with Gasteiger partial charge in [0.25, 0.3) is 5.91 Å². The zero-order chi connectivity index (χ0) is 14.5. The Hall–Kier alpha value is -2.36. The molecule has 0 atom stereocenters. The fraction of sp³-hybridized carbons (Fsp3) is 0.250. The van der Waals surface area contributed by atoms with Crippen molar-refractivity contribution in [3.05, 3.63) is 53.2 Å². The molecule has 2 aromatic rings. The van der Waals surface area contributed by atoms with Crippen LogP contribution in [-0.2, 0) is 0 Å². The van der Waals surface area contributed by atoms with Gasteiger partial charge >= 0.3 is 0 Å². The summed E-state index contributed by atoms with van der Waals surface area (Å²) >= 11 is 0. The average molecular weight is 269 g/mol. The molecule has 0 aliphatic rings. The fourth-order valence-electron chi connectivity index (χ4n) is 2.09. The Morgan fingerprint density at radius 1 is 1.15 bits per heavy atom. The van der Waals surface area contributed by atoms with Gasteiger partial charge in [0.15, 0.2) is 0 Å². The number of carbonyl (C=O) groups is 1. The molecule has 0 unspecified atom stereocenters. The molecule has 1 heterocycles. The molecule has 0 saturated heterocycles. The second-order valence-corrected chi connectivity index (χ2v) is 4.65. The van der Waals surface area contributed by atoms with Gasteiger partial charge in [0.05, 0.1) is 5.56 Å². The maximum absolute atomic E-state index is 12.4. The number of carbonyl (C=O) groups excluding carboxylic acids is 1. The quantitative estimate of drug-likeness (QED) is 0.894. The Morgan fingerprint density at radius 3 is 2.50 bits per heavy atom. The second kappa shape index (κ2) is 6.19. The monoisotopic (exact) mass is 269 g/mol. The van der Waals surface area contributed by atoms with Crippen LogP contribution in [-0.4, -0.2) is 17.4 Å². The smallest absolute Gasteiger partial charge is 0.259 e. The number of aromatic nitrogens is 1. The second-order valence-electron chi connectivity index (χ2n) is 4.65. The van der Waals surface area contributed by atoms with Crippen molar-refractivity contribution >= 4 is 17.4 Å². The van der Waals surface area contributed by atoms with Crippen molar-refractivity contribution in [1.82, 2.24) is 4.98 Å². The van der Waals surface area contributed by atoms with E-state index in [-0.39, 0.29) is 5.91 Å². The van der Waals surface area contributed by atoms with Crippen LogP contribution in [0.25, 0.3) is 0 Å². The largest absolute Gasteiger partial charge is 0.370 e. The fourth-order valence-corrected chi connectivity index (χ4v) is 2.09. The summed E-state index contributed by atoms with van der Waals surface area (Å²) in [4.78, 5) is 16.6. The summed E-state index contributed by atoms with van der Waals surface area (Å²) in [6, 6.07) is 9.48. The van der Waals surface area contributed by atoms with Gasteiger partial charge in [-0.15, -0.1) is 0 Å². The van der Waals surface area contributed by atoms with Crippen molar-refractivity contribution in [3.8, 4) is 0 Å². The number of pyridine rings is 1. The van der Waals surface area contributed by atoms with Crippen LogP contribution < -0.4 is 10.6 Å². The van der Waals surface area contributed by atoms with Crippen molar-refractivity contribution in [2.45, 2.75) is 20.8 Å². The van der Waals surface area contributed by atoms with Gasteiger partial charge in [-0.1, -0.05) is 18.2 Å². The van der Waals surface area contributed by atoms with E-state index in [1.54, 1.807) is 18.3 Å². The van der Waals surface area contributed by atoms with Crippen molar-refractivity contribution in [3.63, 3.8) is 0 Å². The summed E-state index contributed by atoms with van der Waals surface area (Å²) in [5.74, 6) is 0.463. The highest BCUT2D eigenvalue weighted by Crippen LogP contribution is 2.21. The van der Waals surface area contributed by atoms with E-state index < -0.39 is 0 Å². The van der Waals surface area contributed by atoms with Gasteiger partial charge in [-0.25, -0.2) is 4.98 Å². The summed E-state index contributed by atoms with van der Waals surface area (Å²) in [5, 5.41) is 6.07. The van der Waals surface area contributed by atoms with E-state index in [0.29, 0.717) is 11.4 Å². The van der Waals surface area contributed by atoms with Crippen molar-refractivity contribution in [2.24, 2.45) is 0 Å². The van der Waals surface area contributed by atoms with Crippen molar-refractivity contribution in [2.75, 3.05) is 17.2 Å². The molecule has 104 valence electrons. The first-order valence-electron chi connectivity index (χ1n) is 6.70. The van der Waals surface area contributed by atoms with Crippen LogP contribution in [0.2, 0.25) is 0 Å². The lowest BCUT2D eigenvalue weighted by Gasteiger charge is -2.13. The van der Waals surface area contributed by atoms with E-state index in [0.717, 1.165) is 23.4 Å². The van der Waals surface area contributed by atoms with Gasteiger partial charge in [-0.05, 0) is 44.0 Å². The number of hydrogen-bond donors (Lipinski definition) is 2. The molecular formula is C16H19N3O. The molecule has 0 saturated carbocycles. The van der Waals surface area contributed by atoms with Gasteiger partial charge in [-0.3, -0.25) is 4.79 Å². The van der Waals surface area contributed by atoms with Gasteiger partial charge in [0.1, 0.15) is 5.82 Å². The first-order chi connectivity index (χ1) is 9.63. The summed E-state index contributed by atoms with van der Waals surface area (Å²) in [6.07, 6.45) is 1.67. The molecule has 1 amide bonds. The molecule has 0 fully saturated rings. The topological polar surface area (TPSA) is 54.0 Å². The number of aryl methyl sites for hydroxylation is 2. The molecule has 4 nitrogen and oxygen atoms in total. The number of amides is 1. The molecule has 2 rings (SSSR count). The highest BCUT2D eigenvalue weighted by atomic mass is 16.1. The van der Waals surface area contributed by atoms with Crippen LogP contribution in [0.5, 0.6) is 0 Å². The summed E-state index contributed by atoms with van der Waals surface area (Å²) < 4.78 is 0. The Kier molecular flexibility index (Phi) is 4.35. The lowest BCUT2D eigenvalue weighted by atomic mass is 10.1. The zero-order valence-corrected chi connectivity index (χ0v) is 12.0. The van der Waals surface area contributed by atoms with Crippen LogP contribution in [0.3, 0.4) is 0 Å². The Bertz CT molecular complexity index is 603. The standard InChI is InChI=1S/C16H19N3O/c1-4-17-15-13(9-6-10-18-15)16(20)19-14-11(2)7-5-8-12(14)3/h5-10H,4H2,1-3H3,(H,17,18)(H,19,20). The number of para-hydroxylation sites is 1. The lowest BCUT2D eigenvalue weighted by molar-refractivity contribution is 0.102. The van der Waals surface area contributed by atoms with Crippen LogP contribution in [0.1, 0.15) is 28.4 Å². The van der Waals surface area contributed by atoms with Gasteiger partial charge in [0.2, 0.25) is 0 Å². The molecule has 20 heavy (non-hydrogen) atoms. The number of rotatable bonds is 4. The van der Waals surface area contributed by atoms with E-state index in [2.05, 4.69) is 15.6 Å². The van der Waals surface area contributed by atoms with E-state index >= 15 is 0 Å². The highest BCUT2D eigenvalue weighted by Gasteiger charge is 2.13. The third-order valence-electron chi connectivity index (χ3n) is 3.12. The maximum Gasteiger partial charge on any atom is 0.259 e. The number of nitrogens with zero attached hydrogens (tertiary/aromatic N) is 1. The minimum absolute atomic E-state index is 0.147. The van der Waals surface area contributed by atoms with Crippen molar-refractivity contribution < 1.29 is 4.79 Å². The minimum atomic E-state index is -0.147. The molecule has 1 aromatic carbocycles. The highest BCUT2D eigenvalue weighted by molar-refractivity contribution is 6.08. The lowest BCUT2D eigenvalue weighted by Crippen LogP contribution is -2.16. The average Bonchev–Trinajstić information content (AvgIpc) is 2.44. The molecular weight excluding hydrogens is 250 g/mol. The molecule has 4 heteroatoms. The van der Waals surface area contributed by atoms with Crippen LogP contribution >= 0.6 is 0 Å². The van der Waals surface area contributed by atoms with E-state index in [1.807, 2.05) is 39.0 Å². The summed E-state index contributed by atoms with van der Waals surface area (Å²) in [6.45, 7) is 6.66. The maximum atomic E-state index is 12.4. The molecule has 1 aromatic heterocycles. The predicted octanol–water partition coefficient (Wildman–Crippen LogP) is 3.38. The minimum Gasteiger partial charge on any atom is -0.370 e. The molecule has 0 spiro atoms. The molecule has 0 aliphatic heterocycles. The third kappa shape index (κ3) is 2.96. The first kappa shape index (κ1) is 14.1.